The number of benzene rings is 2. The van der Waals surface area contributed by atoms with Crippen LogP contribution in [0.5, 0.6) is 11.5 Å². The van der Waals surface area contributed by atoms with Gasteiger partial charge < -0.3 is 9.84 Å². The first-order valence-corrected chi connectivity index (χ1v) is 6.61. The number of fused-ring (bicyclic) bond motifs is 1. The second-order valence-corrected chi connectivity index (χ2v) is 5.05. The van der Waals surface area contributed by atoms with Crippen molar-refractivity contribution in [3.8, 4) is 11.5 Å². The van der Waals surface area contributed by atoms with E-state index in [0.717, 1.165) is 16.9 Å². The summed E-state index contributed by atoms with van der Waals surface area (Å²) in [6, 6.07) is 15.2. The quantitative estimate of drug-likeness (QED) is 0.877. The van der Waals surface area contributed by atoms with E-state index in [4.69, 9.17) is 4.74 Å². The van der Waals surface area contributed by atoms with Gasteiger partial charge in [0, 0.05) is 11.1 Å². The lowest BCUT2D eigenvalue weighted by atomic mass is 9.98. The third kappa shape index (κ3) is 2.45. The van der Waals surface area contributed by atoms with Crippen molar-refractivity contribution >= 4 is 12.2 Å². The lowest BCUT2D eigenvalue weighted by Crippen LogP contribution is -2.29. The van der Waals surface area contributed by atoms with Crippen molar-refractivity contribution in [1.29, 1.82) is 0 Å². The molecule has 2 heteroatoms. The van der Waals surface area contributed by atoms with Crippen LogP contribution in [0, 0.1) is 0 Å². The van der Waals surface area contributed by atoms with Gasteiger partial charge in [0.2, 0.25) is 0 Å². The van der Waals surface area contributed by atoms with E-state index in [2.05, 4.69) is 6.08 Å². The van der Waals surface area contributed by atoms with Gasteiger partial charge in [0.25, 0.3) is 0 Å². The van der Waals surface area contributed by atoms with Crippen LogP contribution in [-0.4, -0.2) is 10.7 Å². The van der Waals surface area contributed by atoms with Gasteiger partial charge in [-0.15, -0.1) is 0 Å². The minimum Gasteiger partial charge on any atom is -0.507 e. The zero-order chi connectivity index (χ0) is 14.0. The Morgan fingerprint density at radius 1 is 1.05 bits per heavy atom. The molecule has 0 spiro atoms. The minimum atomic E-state index is -0.503. The third-order valence-corrected chi connectivity index (χ3v) is 3.37. The summed E-state index contributed by atoms with van der Waals surface area (Å²) in [7, 11) is 0. The molecule has 3 rings (SSSR count). The molecule has 0 amide bonds. The van der Waals surface area contributed by atoms with Gasteiger partial charge in [-0.2, -0.15) is 0 Å². The van der Waals surface area contributed by atoms with Gasteiger partial charge in [-0.1, -0.05) is 48.6 Å². The lowest BCUT2D eigenvalue weighted by Gasteiger charge is -2.28. The highest BCUT2D eigenvalue weighted by molar-refractivity contribution is 5.64. The highest BCUT2D eigenvalue weighted by Crippen LogP contribution is 2.32. The number of aromatic hydroxyl groups is 1. The smallest absolute Gasteiger partial charge is 0.143 e. The Morgan fingerprint density at radius 3 is 2.65 bits per heavy atom. The number of hydrogen-bond acceptors (Lipinski definition) is 2. The van der Waals surface area contributed by atoms with Gasteiger partial charge >= 0.3 is 0 Å². The Morgan fingerprint density at radius 2 is 1.80 bits per heavy atom. The van der Waals surface area contributed by atoms with Crippen molar-refractivity contribution in [2.45, 2.75) is 12.5 Å². The molecule has 0 aromatic heterocycles. The van der Waals surface area contributed by atoms with Crippen molar-refractivity contribution in [3.63, 3.8) is 0 Å². The van der Waals surface area contributed by atoms with E-state index in [1.54, 1.807) is 6.07 Å². The van der Waals surface area contributed by atoms with Gasteiger partial charge in [-0.3, -0.25) is 0 Å². The molecule has 0 bridgehead atoms. The summed E-state index contributed by atoms with van der Waals surface area (Å²) in [6.45, 7) is 2.00. The minimum absolute atomic E-state index is 0.271. The Bertz CT molecular complexity index is 685. The SMILES string of the molecule is CC1(/C=C/c2ccccc2O)C=Cc2ccccc2O1. The predicted molar refractivity (Wildman–Crippen MR) is 81.6 cm³/mol. The molecule has 0 fully saturated rings. The molecule has 0 saturated carbocycles. The van der Waals surface area contributed by atoms with Gasteiger partial charge in [-0.05, 0) is 31.2 Å². The summed E-state index contributed by atoms with van der Waals surface area (Å²) in [5.41, 5.74) is 1.36. The second kappa shape index (κ2) is 4.89. The fourth-order valence-corrected chi connectivity index (χ4v) is 2.21. The maximum atomic E-state index is 9.77. The van der Waals surface area contributed by atoms with Crippen LogP contribution in [0.1, 0.15) is 18.1 Å². The summed E-state index contributed by atoms with van der Waals surface area (Å²) < 4.78 is 6.03. The standard InChI is InChI=1S/C18H16O2/c1-18(12-10-14-6-2-4-8-16(14)19)13-11-15-7-3-5-9-17(15)20-18/h2-13,19H,1H3/b12-10+. The maximum absolute atomic E-state index is 9.77. The summed E-state index contributed by atoms with van der Waals surface area (Å²) in [5.74, 6) is 1.15. The predicted octanol–water partition coefficient (Wildman–Crippen LogP) is 4.27. The summed E-state index contributed by atoms with van der Waals surface area (Å²) in [5, 5.41) is 9.77. The molecule has 100 valence electrons. The normalized spacial score (nSPS) is 20.6. The molecule has 1 aliphatic heterocycles. The van der Waals surface area contributed by atoms with Gasteiger partial charge in [0.05, 0.1) is 0 Å². The molecule has 1 unspecified atom stereocenters. The number of phenolic OH excluding ortho intramolecular Hbond substituents is 1. The van der Waals surface area contributed by atoms with Crippen molar-refractivity contribution in [2.75, 3.05) is 0 Å². The number of para-hydroxylation sites is 2. The van der Waals surface area contributed by atoms with E-state index < -0.39 is 5.60 Å². The van der Waals surface area contributed by atoms with Crippen LogP contribution in [0.2, 0.25) is 0 Å². The Labute approximate surface area is 118 Å². The Hall–Kier alpha value is -2.48. The second-order valence-electron chi connectivity index (χ2n) is 5.05. The van der Waals surface area contributed by atoms with Crippen molar-refractivity contribution < 1.29 is 9.84 Å². The fraction of sp³-hybridized carbons (Fsp3) is 0.111. The lowest BCUT2D eigenvalue weighted by molar-refractivity contribution is 0.190. The number of phenols is 1. The van der Waals surface area contributed by atoms with Crippen LogP contribution >= 0.6 is 0 Å². The van der Waals surface area contributed by atoms with Gasteiger partial charge in [0.15, 0.2) is 0 Å². The van der Waals surface area contributed by atoms with Crippen molar-refractivity contribution in [3.05, 3.63) is 71.8 Å². The molecule has 0 radical (unpaired) electrons. The van der Waals surface area contributed by atoms with E-state index >= 15 is 0 Å². The van der Waals surface area contributed by atoms with Crippen LogP contribution in [0.15, 0.2) is 60.7 Å². The van der Waals surface area contributed by atoms with E-state index in [1.165, 1.54) is 0 Å². The van der Waals surface area contributed by atoms with Crippen LogP contribution in [0.25, 0.3) is 12.2 Å². The van der Waals surface area contributed by atoms with Gasteiger partial charge in [-0.25, -0.2) is 0 Å². The molecular formula is C18H16O2. The number of ether oxygens (including phenoxy) is 1. The topological polar surface area (TPSA) is 29.5 Å². The van der Waals surface area contributed by atoms with E-state index in [1.807, 2.05) is 67.6 Å². The summed E-state index contributed by atoms with van der Waals surface area (Å²) >= 11 is 0. The Balaban J connectivity index is 1.87. The third-order valence-electron chi connectivity index (χ3n) is 3.37. The molecule has 0 aliphatic carbocycles. The number of hydrogen-bond donors (Lipinski definition) is 1. The molecule has 2 nitrogen and oxygen atoms in total. The first-order chi connectivity index (χ1) is 9.66. The fourth-order valence-electron chi connectivity index (χ4n) is 2.21. The van der Waals surface area contributed by atoms with Crippen molar-refractivity contribution in [1.82, 2.24) is 0 Å². The highest BCUT2D eigenvalue weighted by Gasteiger charge is 2.23. The molecule has 1 heterocycles. The van der Waals surface area contributed by atoms with Crippen LogP contribution in [-0.2, 0) is 0 Å². The average molecular weight is 264 g/mol. The monoisotopic (exact) mass is 264 g/mol. The molecular weight excluding hydrogens is 248 g/mol. The molecule has 1 aliphatic rings. The van der Waals surface area contributed by atoms with Gasteiger partial charge in [0.1, 0.15) is 17.1 Å². The van der Waals surface area contributed by atoms with E-state index in [-0.39, 0.29) is 5.75 Å². The zero-order valence-corrected chi connectivity index (χ0v) is 11.3. The molecule has 1 atom stereocenters. The van der Waals surface area contributed by atoms with Crippen molar-refractivity contribution in [2.24, 2.45) is 0 Å². The maximum Gasteiger partial charge on any atom is 0.143 e. The average Bonchev–Trinajstić information content (AvgIpc) is 2.46. The first kappa shape index (κ1) is 12.5. The largest absolute Gasteiger partial charge is 0.507 e. The number of rotatable bonds is 2. The first-order valence-electron chi connectivity index (χ1n) is 6.61. The van der Waals surface area contributed by atoms with Crippen LogP contribution in [0.4, 0.5) is 0 Å². The summed E-state index contributed by atoms with van der Waals surface area (Å²) in [6.07, 6.45) is 7.92. The molecule has 20 heavy (non-hydrogen) atoms. The zero-order valence-electron chi connectivity index (χ0n) is 11.3. The van der Waals surface area contributed by atoms with E-state index in [0.29, 0.717) is 0 Å². The Kier molecular flexibility index (Phi) is 3.07. The molecule has 2 aromatic carbocycles. The van der Waals surface area contributed by atoms with Crippen LogP contribution in [0.3, 0.4) is 0 Å². The summed E-state index contributed by atoms with van der Waals surface area (Å²) in [4.78, 5) is 0. The van der Waals surface area contributed by atoms with E-state index in [9.17, 15) is 5.11 Å². The van der Waals surface area contributed by atoms with Crippen LogP contribution < -0.4 is 4.74 Å². The highest BCUT2D eigenvalue weighted by atomic mass is 16.5. The molecule has 0 saturated heterocycles. The molecule has 1 N–H and O–H groups in total. The molecule has 2 aromatic rings.